The zero-order valence-corrected chi connectivity index (χ0v) is 17.6. The summed E-state index contributed by atoms with van der Waals surface area (Å²) in [7, 11) is -4.65. The highest BCUT2D eigenvalue weighted by Crippen LogP contribution is 2.33. The molecular formula is C14H18ClN5O7S2. The van der Waals surface area contributed by atoms with Gasteiger partial charge in [0, 0.05) is 18.0 Å². The highest BCUT2D eigenvalue weighted by Gasteiger charge is 2.21. The van der Waals surface area contributed by atoms with Gasteiger partial charge in [0.25, 0.3) is 10.1 Å². The molecule has 4 N–H and O–H groups in total. The number of aromatic nitrogens is 3. The number of aliphatic hydroxyl groups excluding tert-OH is 1. The lowest BCUT2D eigenvalue weighted by molar-refractivity contribution is -0.432. The number of rotatable bonds is 10. The van der Waals surface area contributed by atoms with Gasteiger partial charge in [-0.2, -0.15) is 23.4 Å². The molecule has 29 heavy (non-hydrogen) atoms. The van der Waals surface area contributed by atoms with E-state index in [4.69, 9.17) is 22.0 Å². The molecule has 160 valence electrons. The van der Waals surface area contributed by atoms with Crippen molar-refractivity contribution in [3.05, 3.63) is 23.0 Å². The number of likely N-dealkylation sites (N-methyl/N-ethyl adjacent to an activating group) is 1. The van der Waals surface area contributed by atoms with E-state index in [2.05, 4.69) is 29.6 Å². The molecule has 0 bridgehead atoms. The Bertz CT molecular complexity index is 964. The maximum Gasteiger partial charge on any atom is 0.296 e. The minimum atomic E-state index is -4.65. The summed E-state index contributed by atoms with van der Waals surface area (Å²) in [6.07, 6.45) is 0. The quantitative estimate of drug-likeness (QED) is 0.173. The van der Waals surface area contributed by atoms with Crippen molar-refractivity contribution in [1.82, 2.24) is 15.0 Å². The first-order valence-corrected chi connectivity index (χ1v) is 10.6. The first-order valence-electron chi connectivity index (χ1n) is 8.00. The van der Waals surface area contributed by atoms with Gasteiger partial charge in [-0.3, -0.25) is 4.55 Å². The molecule has 15 heteroatoms. The fraction of sp³-hybridized carbons (Fsp3) is 0.357. The van der Waals surface area contributed by atoms with Gasteiger partial charge in [-0.05, 0) is 43.1 Å². The lowest BCUT2D eigenvalue weighted by Gasteiger charge is -2.20. The van der Waals surface area contributed by atoms with Gasteiger partial charge in [0.15, 0.2) is 0 Å². The molecule has 0 atom stereocenters. The molecule has 1 aromatic carbocycles. The molecule has 2 aromatic rings. The molecule has 0 aliphatic rings. The Labute approximate surface area is 175 Å². The van der Waals surface area contributed by atoms with E-state index in [9.17, 15) is 13.0 Å². The van der Waals surface area contributed by atoms with Gasteiger partial charge in [0.05, 0.1) is 24.3 Å². The number of nitrogens with one attached hydrogen (secondary N) is 1. The Morgan fingerprint density at radius 3 is 2.62 bits per heavy atom. The summed E-state index contributed by atoms with van der Waals surface area (Å²) in [6, 6.07) is 2.51. The van der Waals surface area contributed by atoms with Gasteiger partial charge in [0.1, 0.15) is 4.90 Å². The third kappa shape index (κ3) is 6.35. The maximum absolute atomic E-state index is 11.8. The van der Waals surface area contributed by atoms with Crippen LogP contribution >= 0.6 is 23.6 Å². The largest absolute Gasteiger partial charge is 0.395 e. The number of aliphatic hydroxyl groups is 1. The van der Waals surface area contributed by atoms with Crippen LogP contribution in [0.4, 0.5) is 17.6 Å². The van der Waals surface area contributed by atoms with Gasteiger partial charge in [-0.25, -0.2) is 5.26 Å². The SMILES string of the molecule is CCN(CCO)c1nc(Cl)nc(Nc2cc(C)c(SOOO)cc2S(=O)(=O)O)n1. The molecule has 12 nitrogen and oxygen atoms in total. The van der Waals surface area contributed by atoms with Crippen molar-refractivity contribution in [2.75, 3.05) is 29.9 Å². The minimum Gasteiger partial charge on any atom is -0.395 e. The molecule has 0 aliphatic carbocycles. The Hall–Kier alpha value is -1.78. The van der Waals surface area contributed by atoms with E-state index in [-0.39, 0.29) is 40.9 Å². The van der Waals surface area contributed by atoms with Crippen LogP contribution in [0.15, 0.2) is 21.9 Å². The smallest absolute Gasteiger partial charge is 0.296 e. The molecule has 0 saturated heterocycles. The van der Waals surface area contributed by atoms with Crippen LogP contribution in [-0.2, 0) is 19.5 Å². The summed E-state index contributed by atoms with van der Waals surface area (Å²) in [6.45, 7) is 4.06. The molecule has 1 aromatic heterocycles. The van der Waals surface area contributed by atoms with E-state index < -0.39 is 15.0 Å². The maximum atomic E-state index is 11.8. The second-order valence-electron chi connectivity index (χ2n) is 5.47. The summed E-state index contributed by atoms with van der Waals surface area (Å²) in [4.78, 5) is 13.5. The monoisotopic (exact) mass is 467 g/mol. The summed E-state index contributed by atoms with van der Waals surface area (Å²) in [5.41, 5.74) is 0.496. The molecule has 0 aliphatic heterocycles. The van der Waals surface area contributed by atoms with Crippen molar-refractivity contribution in [3.63, 3.8) is 0 Å². The van der Waals surface area contributed by atoms with Gasteiger partial charge >= 0.3 is 0 Å². The predicted octanol–water partition coefficient (Wildman–Crippen LogP) is 2.07. The Morgan fingerprint density at radius 2 is 2.03 bits per heavy atom. The molecule has 0 unspecified atom stereocenters. The lowest BCUT2D eigenvalue weighted by atomic mass is 10.2. The van der Waals surface area contributed by atoms with Crippen molar-refractivity contribution in [2.24, 2.45) is 0 Å². The third-order valence-corrected chi connectivity index (χ3v) is 5.40. The molecule has 0 spiro atoms. The van der Waals surface area contributed by atoms with Crippen LogP contribution in [0.2, 0.25) is 5.28 Å². The van der Waals surface area contributed by atoms with E-state index in [0.29, 0.717) is 24.2 Å². The summed E-state index contributed by atoms with van der Waals surface area (Å²) in [5, 5.41) is 23.5. The van der Waals surface area contributed by atoms with Crippen LogP contribution in [0.5, 0.6) is 0 Å². The highest BCUT2D eigenvalue weighted by molar-refractivity contribution is 7.94. The predicted molar refractivity (Wildman–Crippen MR) is 105 cm³/mol. The molecular weight excluding hydrogens is 450 g/mol. The van der Waals surface area contributed by atoms with Crippen molar-refractivity contribution in [3.8, 4) is 0 Å². The van der Waals surface area contributed by atoms with Crippen molar-refractivity contribution >= 4 is 51.3 Å². The van der Waals surface area contributed by atoms with E-state index in [1.165, 1.54) is 6.07 Å². The van der Waals surface area contributed by atoms with Gasteiger partial charge < -0.3 is 15.3 Å². The van der Waals surface area contributed by atoms with Crippen LogP contribution < -0.4 is 10.2 Å². The van der Waals surface area contributed by atoms with Gasteiger partial charge in [0.2, 0.25) is 17.2 Å². The van der Waals surface area contributed by atoms with Crippen molar-refractivity contribution in [1.29, 1.82) is 0 Å². The van der Waals surface area contributed by atoms with Gasteiger partial charge in [-0.15, -0.1) is 4.33 Å². The first kappa shape index (κ1) is 23.5. The number of benzene rings is 1. The summed E-state index contributed by atoms with van der Waals surface area (Å²) in [5.74, 6) is 0.103. The van der Waals surface area contributed by atoms with E-state index in [1.807, 2.05) is 6.92 Å². The lowest BCUT2D eigenvalue weighted by Crippen LogP contribution is -2.28. The molecule has 1 heterocycles. The first-order chi connectivity index (χ1) is 13.7. The van der Waals surface area contributed by atoms with Crippen LogP contribution in [0, 0.1) is 6.92 Å². The second-order valence-corrected chi connectivity index (χ2v) is 7.94. The minimum absolute atomic E-state index is 0.0299. The Morgan fingerprint density at radius 1 is 1.31 bits per heavy atom. The van der Waals surface area contributed by atoms with Crippen molar-refractivity contribution in [2.45, 2.75) is 23.6 Å². The third-order valence-electron chi connectivity index (χ3n) is 3.59. The number of hydrogen-bond donors (Lipinski definition) is 4. The normalized spacial score (nSPS) is 11.5. The number of aryl methyl sites for hydroxylation is 1. The fourth-order valence-electron chi connectivity index (χ4n) is 2.30. The topological polar surface area (TPSA) is 167 Å². The number of nitrogens with zero attached hydrogens (tertiary/aromatic N) is 4. The zero-order chi connectivity index (χ0) is 21.6. The van der Waals surface area contributed by atoms with Crippen LogP contribution in [-0.4, -0.2) is 58.0 Å². The number of hydrogen-bond acceptors (Lipinski definition) is 12. The van der Waals surface area contributed by atoms with E-state index >= 15 is 0 Å². The van der Waals surface area contributed by atoms with E-state index in [0.717, 1.165) is 6.07 Å². The molecule has 0 saturated carbocycles. The average Bonchev–Trinajstić information content (AvgIpc) is 2.64. The summed E-state index contributed by atoms with van der Waals surface area (Å²) < 4.78 is 37.5. The average molecular weight is 468 g/mol. The van der Waals surface area contributed by atoms with Crippen LogP contribution in [0.1, 0.15) is 12.5 Å². The van der Waals surface area contributed by atoms with Crippen molar-refractivity contribution < 1.29 is 32.7 Å². The molecule has 0 fully saturated rings. The Balaban J connectivity index is 2.48. The standard InChI is InChI=1S/C14H18ClN5O7S2/c1-3-20(4-5-21)14-18-12(15)17-13(19-14)16-9-6-8(2)10(28-27-26-22)7-11(9)29(23,24)25/h6-7,21-22H,3-5H2,1-2H3,(H,23,24,25)(H,16,17,18,19). The zero-order valence-electron chi connectivity index (χ0n) is 15.2. The van der Waals surface area contributed by atoms with E-state index in [1.54, 1.807) is 11.8 Å². The fourth-order valence-corrected chi connectivity index (χ4v) is 3.64. The number of halogens is 1. The highest BCUT2D eigenvalue weighted by atomic mass is 35.5. The molecule has 2 rings (SSSR count). The second kappa shape index (κ2) is 10.3. The number of anilines is 3. The Kier molecular flexibility index (Phi) is 8.35. The van der Waals surface area contributed by atoms with Gasteiger partial charge in [-0.1, -0.05) is 5.04 Å². The van der Waals surface area contributed by atoms with Crippen LogP contribution in [0.25, 0.3) is 0 Å². The molecule has 0 amide bonds. The molecule has 0 radical (unpaired) electrons. The summed E-state index contributed by atoms with van der Waals surface area (Å²) >= 11 is 6.49. The van der Waals surface area contributed by atoms with Crippen LogP contribution in [0.3, 0.4) is 0 Å².